The summed E-state index contributed by atoms with van der Waals surface area (Å²) in [5.41, 5.74) is 3.69. The summed E-state index contributed by atoms with van der Waals surface area (Å²) in [7, 11) is 3.51. The molecule has 0 aliphatic heterocycles. The number of aromatic nitrogens is 3. The monoisotopic (exact) mass is 435 g/mol. The Kier molecular flexibility index (Phi) is 5.90. The van der Waals surface area contributed by atoms with E-state index in [4.69, 9.17) is 9.72 Å². The maximum atomic E-state index is 12.6. The number of anilines is 1. The van der Waals surface area contributed by atoms with Crippen molar-refractivity contribution >= 4 is 32.7 Å². The first-order chi connectivity index (χ1) is 15.0. The van der Waals surface area contributed by atoms with Gasteiger partial charge in [-0.2, -0.15) is 10.1 Å². The fraction of sp³-hybridized carbons (Fsp3) is 0.261. The van der Waals surface area contributed by atoms with Crippen LogP contribution in [0.2, 0.25) is 0 Å². The minimum atomic E-state index is -0.125. The number of carbonyl (C=O) groups excluding carboxylic acids is 1. The number of rotatable bonds is 7. The number of methoxy groups -OCH3 is 1. The Labute approximate surface area is 185 Å². The number of hydrogen-bond acceptors (Lipinski definition) is 6. The van der Waals surface area contributed by atoms with Crippen LogP contribution in [-0.2, 0) is 4.79 Å². The number of fused-ring (bicyclic) bond motifs is 1. The molecule has 0 saturated heterocycles. The van der Waals surface area contributed by atoms with Gasteiger partial charge in [-0.05, 0) is 43.7 Å². The van der Waals surface area contributed by atoms with Crippen LogP contribution < -0.4 is 15.0 Å². The van der Waals surface area contributed by atoms with Gasteiger partial charge in [0, 0.05) is 7.05 Å². The maximum Gasteiger partial charge on any atom is 0.240 e. The van der Waals surface area contributed by atoms with E-state index in [1.807, 2.05) is 85.1 Å². The fourth-order valence-electron chi connectivity index (χ4n) is 3.40. The highest BCUT2D eigenvalue weighted by atomic mass is 32.1. The van der Waals surface area contributed by atoms with Crippen molar-refractivity contribution in [2.45, 2.75) is 19.9 Å². The Morgan fingerprint density at radius 2 is 2.00 bits per heavy atom. The molecule has 0 aliphatic rings. The van der Waals surface area contributed by atoms with Crippen LogP contribution in [0.4, 0.5) is 5.13 Å². The maximum absolute atomic E-state index is 12.6. The third-order valence-corrected chi connectivity index (χ3v) is 6.32. The van der Waals surface area contributed by atoms with Gasteiger partial charge in [0.05, 0.1) is 35.8 Å². The summed E-state index contributed by atoms with van der Waals surface area (Å²) in [6, 6.07) is 17.5. The predicted octanol–water partition coefficient (Wildman–Crippen LogP) is 4.11. The second-order valence-electron chi connectivity index (χ2n) is 7.40. The van der Waals surface area contributed by atoms with Crippen LogP contribution in [0.15, 0.2) is 54.6 Å². The summed E-state index contributed by atoms with van der Waals surface area (Å²) in [6.45, 7) is 4.15. The van der Waals surface area contributed by atoms with Gasteiger partial charge in [0.2, 0.25) is 5.91 Å². The van der Waals surface area contributed by atoms with Crippen molar-refractivity contribution in [1.29, 1.82) is 0 Å². The molecule has 1 N–H and O–H groups in total. The molecule has 7 nitrogen and oxygen atoms in total. The largest absolute Gasteiger partial charge is 0.497 e. The average molecular weight is 436 g/mol. The zero-order chi connectivity index (χ0) is 22.0. The van der Waals surface area contributed by atoms with Crippen LogP contribution in [0, 0.1) is 6.92 Å². The van der Waals surface area contributed by atoms with Crippen LogP contribution in [0.5, 0.6) is 5.75 Å². The number of aryl methyl sites for hydroxylation is 1. The molecule has 4 rings (SSSR count). The number of benzene rings is 2. The first kappa shape index (κ1) is 20.9. The fourth-order valence-corrected chi connectivity index (χ4v) is 4.35. The molecule has 160 valence electrons. The first-order valence-electron chi connectivity index (χ1n) is 10.0. The van der Waals surface area contributed by atoms with E-state index in [-0.39, 0.29) is 18.5 Å². The molecular weight excluding hydrogens is 410 g/mol. The molecule has 0 saturated carbocycles. The van der Waals surface area contributed by atoms with Crippen LogP contribution in [-0.4, -0.2) is 41.4 Å². The molecule has 8 heteroatoms. The number of hydrogen-bond donors (Lipinski definition) is 1. The molecule has 0 spiro atoms. The van der Waals surface area contributed by atoms with Gasteiger partial charge < -0.3 is 15.0 Å². The normalized spacial score (nSPS) is 12.0. The molecule has 2 aromatic heterocycles. The van der Waals surface area contributed by atoms with Crippen molar-refractivity contribution < 1.29 is 9.53 Å². The smallest absolute Gasteiger partial charge is 0.240 e. The lowest BCUT2D eigenvalue weighted by Crippen LogP contribution is -2.36. The molecular formula is C23H25N5O2S. The number of ether oxygens (including phenoxy) is 1. The Bertz CT molecular complexity index is 1200. The molecule has 31 heavy (non-hydrogen) atoms. The van der Waals surface area contributed by atoms with E-state index in [1.165, 1.54) is 0 Å². The standard InChI is InChI=1S/C23H25N5O2S/c1-15(17-9-8-12-19(13-17)30-4)24-20(29)14-27(3)23-25-22-21(31-23)16(2)26-28(22)18-10-6-5-7-11-18/h5-13,15H,14H2,1-4H3,(H,24,29)/t15-/m0/s1. The van der Waals surface area contributed by atoms with Crippen molar-refractivity contribution in [1.82, 2.24) is 20.1 Å². The van der Waals surface area contributed by atoms with E-state index in [1.54, 1.807) is 18.4 Å². The number of amides is 1. The van der Waals surface area contributed by atoms with E-state index >= 15 is 0 Å². The quantitative estimate of drug-likeness (QED) is 0.473. The molecule has 2 heterocycles. The van der Waals surface area contributed by atoms with Gasteiger partial charge in [-0.15, -0.1) is 0 Å². The van der Waals surface area contributed by atoms with Gasteiger partial charge in [-0.1, -0.05) is 41.7 Å². The van der Waals surface area contributed by atoms with E-state index in [0.717, 1.165) is 38.2 Å². The second-order valence-corrected chi connectivity index (χ2v) is 8.38. The lowest BCUT2D eigenvalue weighted by Gasteiger charge is -2.19. The third kappa shape index (κ3) is 4.39. The van der Waals surface area contributed by atoms with Crippen LogP contribution in [0.3, 0.4) is 0 Å². The summed E-state index contributed by atoms with van der Waals surface area (Å²) >= 11 is 1.54. The van der Waals surface area contributed by atoms with Gasteiger partial charge in [0.25, 0.3) is 0 Å². The van der Waals surface area contributed by atoms with Crippen molar-refractivity contribution in [2.75, 3.05) is 25.6 Å². The summed E-state index contributed by atoms with van der Waals surface area (Å²) in [5, 5.41) is 8.45. The van der Waals surface area contributed by atoms with Crippen molar-refractivity contribution in [3.8, 4) is 11.4 Å². The zero-order valence-electron chi connectivity index (χ0n) is 18.0. The molecule has 4 aromatic rings. The SMILES string of the molecule is COc1cccc([C@H](C)NC(=O)CN(C)c2nc3c(s2)c(C)nn3-c2ccccc2)c1. The number of carbonyl (C=O) groups is 1. The van der Waals surface area contributed by atoms with Crippen LogP contribution in [0.1, 0.15) is 24.2 Å². The van der Waals surface area contributed by atoms with Crippen molar-refractivity contribution in [3.63, 3.8) is 0 Å². The summed E-state index contributed by atoms with van der Waals surface area (Å²) < 4.78 is 8.14. The number of nitrogens with zero attached hydrogens (tertiary/aromatic N) is 4. The Hall–Kier alpha value is -3.39. The second kappa shape index (κ2) is 8.77. The Morgan fingerprint density at radius 3 is 2.74 bits per heavy atom. The number of para-hydroxylation sites is 1. The molecule has 1 amide bonds. The topological polar surface area (TPSA) is 72.3 Å². The number of nitrogens with one attached hydrogen (secondary N) is 1. The van der Waals surface area contributed by atoms with Gasteiger partial charge >= 0.3 is 0 Å². The Balaban J connectivity index is 1.48. The highest BCUT2D eigenvalue weighted by molar-refractivity contribution is 7.22. The molecule has 0 unspecified atom stereocenters. The summed E-state index contributed by atoms with van der Waals surface area (Å²) in [4.78, 5) is 19.3. The lowest BCUT2D eigenvalue weighted by molar-refractivity contribution is -0.120. The lowest BCUT2D eigenvalue weighted by atomic mass is 10.1. The zero-order valence-corrected chi connectivity index (χ0v) is 18.8. The van der Waals surface area contributed by atoms with Crippen molar-refractivity contribution in [2.24, 2.45) is 0 Å². The minimum Gasteiger partial charge on any atom is -0.497 e. The summed E-state index contributed by atoms with van der Waals surface area (Å²) in [5.74, 6) is 0.700. The molecule has 1 atom stereocenters. The van der Waals surface area contributed by atoms with E-state index in [0.29, 0.717) is 0 Å². The molecule has 0 aliphatic carbocycles. The van der Waals surface area contributed by atoms with Crippen LogP contribution >= 0.6 is 11.3 Å². The van der Waals surface area contributed by atoms with E-state index < -0.39 is 0 Å². The highest BCUT2D eigenvalue weighted by Gasteiger charge is 2.19. The number of thiazole rings is 1. The van der Waals surface area contributed by atoms with E-state index in [2.05, 4.69) is 10.4 Å². The van der Waals surface area contributed by atoms with Gasteiger partial charge in [-0.25, -0.2) is 4.68 Å². The number of likely N-dealkylation sites (N-methyl/N-ethyl adjacent to an activating group) is 1. The van der Waals surface area contributed by atoms with Crippen molar-refractivity contribution in [3.05, 3.63) is 65.9 Å². The van der Waals surface area contributed by atoms with Gasteiger partial charge in [-0.3, -0.25) is 4.79 Å². The predicted molar refractivity (Wildman–Crippen MR) is 124 cm³/mol. The molecule has 2 aromatic carbocycles. The first-order valence-corrected chi connectivity index (χ1v) is 10.8. The van der Waals surface area contributed by atoms with Gasteiger partial charge in [0.15, 0.2) is 10.8 Å². The van der Waals surface area contributed by atoms with E-state index in [9.17, 15) is 4.79 Å². The molecule has 0 fully saturated rings. The molecule has 0 bridgehead atoms. The van der Waals surface area contributed by atoms with Crippen LogP contribution in [0.25, 0.3) is 16.0 Å². The van der Waals surface area contributed by atoms with Gasteiger partial charge in [0.1, 0.15) is 5.75 Å². The minimum absolute atomic E-state index is 0.0708. The third-order valence-electron chi connectivity index (χ3n) is 5.06. The average Bonchev–Trinajstić information content (AvgIpc) is 3.35. The molecule has 0 radical (unpaired) electrons. The summed E-state index contributed by atoms with van der Waals surface area (Å²) in [6.07, 6.45) is 0. The highest BCUT2D eigenvalue weighted by Crippen LogP contribution is 2.32. The Morgan fingerprint density at radius 1 is 1.23 bits per heavy atom.